The van der Waals surface area contributed by atoms with Crippen LogP contribution in [-0.2, 0) is 16.1 Å². The van der Waals surface area contributed by atoms with Crippen LogP contribution in [-0.4, -0.2) is 28.7 Å². The van der Waals surface area contributed by atoms with Gasteiger partial charge in [0.1, 0.15) is 11.6 Å². The van der Waals surface area contributed by atoms with Gasteiger partial charge in [-0.15, -0.1) is 0 Å². The van der Waals surface area contributed by atoms with Crippen molar-refractivity contribution in [1.82, 2.24) is 10.6 Å². The Bertz CT molecular complexity index is 564. The molecule has 132 valence electrons. The lowest BCUT2D eigenvalue weighted by molar-refractivity contribution is -0.123. The van der Waals surface area contributed by atoms with E-state index >= 15 is 0 Å². The number of carbonyl (C=O) groups excluding carboxylic acids is 2. The van der Waals surface area contributed by atoms with Crippen LogP contribution in [0.3, 0.4) is 0 Å². The SMILES string of the molecule is C=C(O)CC[C@H](NC(=O)OC(C)(C)C)C(=O)NCc1ccccc1. The van der Waals surface area contributed by atoms with Gasteiger partial charge in [-0.05, 0) is 32.8 Å². The Morgan fingerprint density at radius 1 is 1.25 bits per heavy atom. The molecule has 24 heavy (non-hydrogen) atoms. The predicted octanol–water partition coefficient (Wildman–Crippen LogP) is 3.05. The van der Waals surface area contributed by atoms with Crippen LogP contribution in [0.1, 0.15) is 39.2 Å². The second-order valence-electron chi connectivity index (χ2n) is 6.51. The second-order valence-corrected chi connectivity index (χ2v) is 6.51. The molecule has 0 saturated carbocycles. The van der Waals surface area contributed by atoms with Crippen molar-refractivity contribution >= 4 is 12.0 Å². The van der Waals surface area contributed by atoms with Crippen molar-refractivity contribution in [2.45, 2.75) is 51.8 Å². The van der Waals surface area contributed by atoms with Gasteiger partial charge in [0.2, 0.25) is 5.91 Å². The highest BCUT2D eigenvalue weighted by molar-refractivity contribution is 5.85. The third-order valence-electron chi connectivity index (χ3n) is 3.04. The molecule has 1 aromatic rings. The molecule has 2 amide bonds. The molecule has 0 heterocycles. The Labute approximate surface area is 142 Å². The Kier molecular flexibility index (Phi) is 7.30. The number of aliphatic hydroxyl groups is 1. The van der Waals surface area contributed by atoms with Crippen LogP contribution in [0.4, 0.5) is 4.79 Å². The van der Waals surface area contributed by atoms with Gasteiger partial charge in [-0.3, -0.25) is 4.79 Å². The first kappa shape index (κ1) is 19.5. The highest BCUT2D eigenvalue weighted by Crippen LogP contribution is 2.09. The summed E-state index contributed by atoms with van der Waals surface area (Å²) in [4.78, 5) is 24.2. The highest BCUT2D eigenvalue weighted by Gasteiger charge is 2.24. The third-order valence-corrected chi connectivity index (χ3v) is 3.04. The van der Waals surface area contributed by atoms with Crippen molar-refractivity contribution in [3.8, 4) is 0 Å². The lowest BCUT2D eigenvalue weighted by Gasteiger charge is -2.23. The molecule has 0 aliphatic heterocycles. The lowest BCUT2D eigenvalue weighted by Crippen LogP contribution is -2.48. The molecule has 1 rings (SSSR count). The van der Waals surface area contributed by atoms with Gasteiger partial charge in [0, 0.05) is 13.0 Å². The molecule has 1 atom stereocenters. The molecule has 6 heteroatoms. The maximum atomic E-state index is 12.3. The van der Waals surface area contributed by atoms with Gasteiger partial charge in [0.15, 0.2) is 0 Å². The van der Waals surface area contributed by atoms with Crippen molar-refractivity contribution in [1.29, 1.82) is 0 Å². The number of allylic oxidation sites excluding steroid dienone is 1. The normalized spacial score (nSPS) is 12.1. The molecular formula is C18H26N2O4. The van der Waals surface area contributed by atoms with Crippen LogP contribution in [0.2, 0.25) is 0 Å². The summed E-state index contributed by atoms with van der Waals surface area (Å²) in [5.41, 5.74) is 0.295. The molecule has 0 aliphatic rings. The number of rotatable bonds is 7. The van der Waals surface area contributed by atoms with E-state index in [0.717, 1.165) is 5.56 Å². The van der Waals surface area contributed by atoms with Crippen LogP contribution >= 0.6 is 0 Å². The molecule has 0 aliphatic carbocycles. The van der Waals surface area contributed by atoms with E-state index in [1.807, 2.05) is 30.3 Å². The Morgan fingerprint density at radius 3 is 2.42 bits per heavy atom. The standard InChI is InChI=1S/C18H26N2O4/c1-13(21)10-11-15(20-17(23)24-18(2,3)4)16(22)19-12-14-8-6-5-7-9-14/h5-9,15,21H,1,10-12H2,2-4H3,(H,19,22)(H,20,23)/t15-/m0/s1. The average Bonchev–Trinajstić information content (AvgIpc) is 2.48. The number of hydrogen-bond acceptors (Lipinski definition) is 4. The topological polar surface area (TPSA) is 87.7 Å². The predicted molar refractivity (Wildman–Crippen MR) is 92.4 cm³/mol. The van der Waals surface area contributed by atoms with Gasteiger partial charge >= 0.3 is 6.09 Å². The van der Waals surface area contributed by atoms with Gasteiger partial charge in [-0.1, -0.05) is 36.9 Å². The lowest BCUT2D eigenvalue weighted by atomic mass is 10.1. The fourth-order valence-corrected chi connectivity index (χ4v) is 1.94. The van der Waals surface area contributed by atoms with Gasteiger partial charge in [-0.2, -0.15) is 0 Å². The largest absolute Gasteiger partial charge is 0.513 e. The molecule has 0 saturated heterocycles. The fraction of sp³-hybridized carbons (Fsp3) is 0.444. The first-order chi connectivity index (χ1) is 11.2. The molecular weight excluding hydrogens is 308 g/mol. The molecule has 0 spiro atoms. The van der Waals surface area contributed by atoms with Crippen molar-refractivity contribution in [2.24, 2.45) is 0 Å². The molecule has 0 radical (unpaired) electrons. The van der Waals surface area contributed by atoms with Crippen molar-refractivity contribution in [2.75, 3.05) is 0 Å². The van der Waals surface area contributed by atoms with E-state index in [1.165, 1.54) is 0 Å². The Balaban J connectivity index is 2.64. The Hall–Kier alpha value is -2.50. The molecule has 6 nitrogen and oxygen atoms in total. The summed E-state index contributed by atoms with van der Waals surface area (Å²) in [6, 6.07) is 8.64. The summed E-state index contributed by atoms with van der Waals surface area (Å²) in [6.07, 6.45) is -0.236. The van der Waals surface area contributed by atoms with E-state index in [4.69, 9.17) is 4.74 Å². The smallest absolute Gasteiger partial charge is 0.408 e. The maximum Gasteiger partial charge on any atom is 0.408 e. The zero-order valence-corrected chi connectivity index (χ0v) is 14.5. The first-order valence-electron chi connectivity index (χ1n) is 7.85. The van der Waals surface area contributed by atoms with Crippen LogP contribution in [0, 0.1) is 0 Å². The van der Waals surface area contributed by atoms with Gasteiger partial charge in [0.25, 0.3) is 0 Å². The fourth-order valence-electron chi connectivity index (χ4n) is 1.94. The maximum absolute atomic E-state index is 12.3. The first-order valence-corrected chi connectivity index (χ1v) is 7.85. The zero-order chi connectivity index (χ0) is 18.2. The van der Waals surface area contributed by atoms with E-state index in [2.05, 4.69) is 17.2 Å². The van der Waals surface area contributed by atoms with Crippen LogP contribution in [0.15, 0.2) is 42.7 Å². The highest BCUT2D eigenvalue weighted by atomic mass is 16.6. The van der Waals surface area contributed by atoms with E-state index in [0.29, 0.717) is 6.54 Å². The van der Waals surface area contributed by atoms with Crippen molar-refractivity contribution < 1.29 is 19.4 Å². The monoisotopic (exact) mass is 334 g/mol. The van der Waals surface area contributed by atoms with Crippen LogP contribution < -0.4 is 10.6 Å². The number of hydrogen-bond donors (Lipinski definition) is 3. The molecule has 0 aromatic heterocycles. The third kappa shape index (κ3) is 8.22. The van der Waals surface area contributed by atoms with Gasteiger partial charge in [0.05, 0.1) is 5.76 Å². The van der Waals surface area contributed by atoms with Gasteiger partial charge < -0.3 is 20.5 Å². The quantitative estimate of drug-likeness (QED) is 0.669. The summed E-state index contributed by atoms with van der Waals surface area (Å²) in [6.45, 7) is 8.98. The molecule has 3 N–H and O–H groups in total. The zero-order valence-electron chi connectivity index (χ0n) is 14.5. The van der Waals surface area contributed by atoms with E-state index < -0.39 is 17.7 Å². The van der Waals surface area contributed by atoms with E-state index in [-0.39, 0.29) is 24.5 Å². The number of ether oxygens (including phenoxy) is 1. The van der Waals surface area contributed by atoms with Crippen molar-refractivity contribution in [3.05, 3.63) is 48.2 Å². The summed E-state index contributed by atoms with van der Waals surface area (Å²) < 4.78 is 5.17. The minimum atomic E-state index is -0.813. The van der Waals surface area contributed by atoms with Crippen LogP contribution in [0.25, 0.3) is 0 Å². The molecule has 0 bridgehead atoms. The number of benzene rings is 1. The number of carbonyl (C=O) groups is 2. The van der Waals surface area contributed by atoms with Gasteiger partial charge in [-0.25, -0.2) is 4.79 Å². The minimum absolute atomic E-state index is 0.0400. The molecule has 1 aromatic carbocycles. The number of amides is 2. The Morgan fingerprint density at radius 2 is 1.88 bits per heavy atom. The van der Waals surface area contributed by atoms with Crippen LogP contribution in [0.5, 0.6) is 0 Å². The second kappa shape index (κ2) is 8.96. The van der Waals surface area contributed by atoms with E-state index in [1.54, 1.807) is 20.8 Å². The summed E-state index contributed by atoms with van der Waals surface area (Å²) >= 11 is 0. The summed E-state index contributed by atoms with van der Waals surface area (Å²) in [5, 5.41) is 14.6. The summed E-state index contributed by atoms with van der Waals surface area (Å²) in [5.74, 6) is -0.382. The molecule has 0 unspecified atom stereocenters. The number of alkyl carbamates (subject to hydrolysis) is 1. The number of nitrogens with one attached hydrogen (secondary N) is 2. The molecule has 0 fully saturated rings. The number of aliphatic hydroxyl groups excluding tert-OH is 1. The summed E-state index contributed by atoms with van der Waals surface area (Å²) in [7, 11) is 0. The van der Waals surface area contributed by atoms with Crippen molar-refractivity contribution in [3.63, 3.8) is 0 Å². The average molecular weight is 334 g/mol. The minimum Gasteiger partial charge on any atom is -0.513 e. The van der Waals surface area contributed by atoms with E-state index in [9.17, 15) is 14.7 Å².